The second kappa shape index (κ2) is 80.0. The van der Waals surface area contributed by atoms with Gasteiger partial charge in [-0.25, -0.2) is 0 Å². The van der Waals surface area contributed by atoms with Crippen LogP contribution in [0.3, 0.4) is 0 Å². The van der Waals surface area contributed by atoms with E-state index in [1.165, 1.54) is 77.0 Å². The van der Waals surface area contributed by atoms with Crippen molar-refractivity contribution in [2.24, 2.45) is 0 Å². The molecule has 0 aliphatic heterocycles. The normalized spacial score (nSPS) is 14.1. The predicted molar refractivity (Wildman–Crippen MR) is 404 cm³/mol. The first-order valence-corrected chi connectivity index (χ1v) is 42.4. The van der Waals surface area contributed by atoms with Crippen molar-refractivity contribution in [1.82, 2.24) is 0 Å². The zero-order valence-electron chi connectivity index (χ0n) is 65.0. The molecule has 0 amide bonds. The van der Waals surface area contributed by atoms with E-state index in [2.05, 4.69) is 125 Å². The Kier molecular flexibility index (Phi) is 81.7. The zero-order valence-corrected chi connectivity index (χ0v) is 70.8. The Hall–Kier alpha value is -2.02. The van der Waals surface area contributed by atoms with E-state index < -0.39 is 97.5 Å². The summed E-state index contributed by atoms with van der Waals surface area (Å²) in [6.07, 6.45) is 76.0. The van der Waals surface area contributed by atoms with Crippen molar-refractivity contribution in [3.8, 4) is 0 Å². The van der Waals surface area contributed by atoms with Crippen molar-refractivity contribution in [3.63, 3.8) is 0 Å². The average Bonchev–Trinajstić information content (AvgIpc) is 0.927. The third-order valence-electron chi connectivity index (χ3n) is 16.5. The van der Waals surface area contributed by atoms with Gasteiger partial charge in [-0.1, -0.05) is 253 Å². The number of ether oxygens (including phenoxy) is 4. The van der Waals surface area contributed by atoms with E-state index >= 15 is 0 Å². The number of rotatable bonds is 74. The minimum Gasteiger partial charge on any atom is -0.756 e. The molecule has 0 aliphatic rings. The Morgan fingerprint density at radius 1 is 0.294 bits per heavy atom. The SMILES string of the molecule is CCCCCC=CCC=CCCCCCCCC(=O)OCC(COP(=O)([O-])OCC(O)COP(=O)([O-])OCC(COC(=O)CCCCCCCC=CCC=CCCCCC)OC(=O)CCCCCCCC=CCC=CCCCCC)OC(=O)CCCCCCCC=CCC=CCCCCC.[Na+].[Na+]. The van der Waals surface area contributed by atoms with E-state index in [1.807, 2.05) is 0 Å². The van der Waals surface area contributed by atoms with Crippen LogP contribution < -0.4 is 68.9 Å². The molecule has 4 atom stereocenters. The minimum atomic E-state index is -5.25. The van der Waals surface area contributed by atoms with Crippen LogP contribution in [0.5, 0.6) is 0 Å². The fourth-order valence-electron chi connectivity index (χ4n) is 10.4. The van der Waals surface area contributed by atoms with Gasteiger partial charge in [-0.2, -0.15) is 0 Å². The number of aliphatic hydroxyl groups excluding tert-OH is 1. The van der Waals surface area contributed by atoms with Crippen LogP contribution in [0.1, 0.15) is 336 Å². The molecule has 17 nitrogen and oxygen atoms in total. The molecular formula is C81H140Na2O17P2. The molecule has 0 aliphatic carbocycles. The third kappa shape index (κ3) is 79.0. The summed E-state index contributed by atoms with van der Waals surface area (Å²) in [5, 5.41) is 10.6. The Morgan fingerprint density at radius 2 is 0.500 bits per heavy atom. The van der Waals surface area contributed by atoms with Gasteiger partial charge < -0.3 is 51.9 Å². The van der Waals surface area contributed by atoms with Crippen molar-refractivity contribution in [3.05, 3.63) is 97.2 Å². The van der Waals surface area contributed by atoms with E-state index in [9.17, 15) is 43.2 Å². The van der Waals surface area contributed by atoms with Crippen LogP contribution >= 0.6 is 15.6 Å². The van der Waals surface area contributed by atoms with Crippen LogP contribution in [0.2, 0.25) is 0 Å². The first kappa shape index (κ1) is 104. The van der Waals surface area contributed by atoms with Gasteiger partial charge in [0, 0.05) is 25.7 Å². The van der Waals surface area contributed by atoms with Gasteiger partial charge in [0.2, 0.25) is 0 Å². The van der Waals surface area contributed by atoms with E-state index in [0.717, 1.165) is 180 Å². The number of hydrogen-bond acceptors (Lipinski definition) is 17. The molecule has 0 aromatic carbocycles. The summed E-state index contributed by atoms with van der Waals surface area (Å²) in [6.45, 7) is 4.33. The van der Waals surface area contributed by atoms with Gasteiger partial charge in [0.05, 0.1) is 26.4 Å². The number of hydrogen-bond donors (Lipinski definition) is 1. The van der Waals surface area contributed by atoms with E-state index in [-0.39, 0.29) is 84.8 Å². The third-order valence-corrected chi connectivity index (χ3v) is 18.3. The summed E-state index contributed by atoms with van der Waals surface area (Å²) in [5.41, 5.74) is 0. The van der Waals surface area contributed by atoms with Crippen molar-refractivity contribution in [2.75, 3.05) is 39.6 Å². The Labute approximate surface area is 664 Å². The van der Waals surface area contributed by atoms with Crippen LogP contribution in [-0.2, 0) is 65.4 Å². The van der Waals surface area contributed by atoms with E-state index in [0.29, 0.717) is 25.7 Å². The topological polar surface area (TPSA) is 243 Å². The number of phosphoric acid groups is 2. The van der Waals surface area contributed by atoms with Crippen molar-refractivity contribution in [2.45, 2.75) is 354 Å². The molecule has 0 aromatic heterocycles. The van der Waals surface area contributed by atoms with Crippen LogP contribution in [-0.4, -0.2) is 86.9 Å². The second-order valence-corrected chi connectivity index (χ2v) is 29.1. The van der Waals surface area contributed by atoms with Crippen molar-refractivity contribution in [1.29, 1.82) is 0 Å². The van der Waals surface area contributed by atoms with Crippen LogP contribution in [0.25, 0.3) is 0 Å². The maximum absolute atomic E-state index is 13.0. The Bertz CT molecular complexity index is 2140. The molecule has 21 heteroatoms. The fraction of sp³-hybridized carbons (Fsp3) is 0.753. The second-order valence-electron chi connectivity index (χ2n) is 26.2. The zero-order chi connectivity index (χ0) is 73.2. The quantitative estimate of drug-likeness (QED) is 0.0149. The van der Waals surface area contributed by atoms with Gasteiger partial charge >= 0.3 is 83.0 Å². The van der Waals surface area contributed by atoms with Gasteiger partial charge in [-0.15, -0.1) is 0 Å². The number of aliphatic hydroxyl groups is 1. The smallest absolute Gasteiger partial charge is 0.756 e. The van der Waals surface area contributed by atoms with Crippen LogP contribution in [0, 0.1) is 0 Å². The van der Waals surface area contributed by atoms with Crippen molar-refractivity contribution < 1.29 is 139 Å². The van der Waals surface area contributed by atoms with Gasteiger partial charge in [0.1, 0.15) is 19.3 Å². The van der Waals surface area contributed by atoms with E-state index in [4.69, 9.17) is 37.0 Å². The number of carbonyl (C=O) groups excluding carboxylic acids is 4. The minimum absolute atomic E-state index is 0. The number of carbonyl (C=O) groups is 4. The monoisotopic (exact) mass is 1490 g/mol. The van der Waals surface area contributed by atoms with Gasteiger partial charge in [-0.3, -0.25) is 28.3 Å². The summed E-state index contributed by atoms with van der Waals surface area (Å²) in [4.78, 5) is 77.6. The molecule has 102 heavy (non-hydrogen) atoms. The van der Waals surface area contributed by atoms with Crippen LogP contribution in [0.4, 0.5) is 0 Å². The van der Waals surface area contributed by atoms with Gasteiger partial charge in [-0.05, 0) is 154 Å². The molecule has 0 saturated heterocycles. The molecule has 0 fully saturated rings. The Balaban J connectivity index is -0.0000490. The summed E-state index contributed by atoms with van der Waals surface area (Å²) in [5.74, 6) is -2.32. The van der Waals surface area contributed by atoms with Crippen LogP contribution in [0.15, 0.2) is 97.2 Å². The molecule has 0 rings (SSSR count). The summed E-state index contributed by atoms with van der Waals surface area (Å²) in [6, 6.07) is 0. The molecule has 0 aromatic rings. The molecule has 1 N–H and O–H groups in total. The summed E-state index contributed by atoms with van der Waals surface area (Å²) >= 11 is 0. The molecule has 0 spiro atoms. The van der Waals surface area contributed by atoms with E-state index in [1.54, 1.807) is 0 Å². The molecule has 0 bridgehead atoms. The maximum Gasteiger partial charge on any atom is 1.00 e. The standard InChI is InChI=1S/C81H142O17P2.2Na/c1-5-9-13-17-21-25-29-33-37-41-45-49-53-57-61-65-78(83)91-71-76(97-80(85)67-63-59-55-51-47-43-39-35-31-27-23-19-15-11-7-3)73-95-99(87,88)93-69-75(82)70-94-100(89,90)96-74-77(98-81(86)68-64-60-56-52-48-44-40-36-32-28-24-20-16-12-8-4)72-92-79(84)66-62-58-54-50-46-42-38-34-30-26-22-18-14-10-6-2;;/h21-28,33-40,75-77,82H,5-20,29-32,41-74H2,1-4H3,(H,87,88)(H,89,90);;/q;2*+1/p-2. The molecule has 4 unspecified atom stereocenters. The number of unbranched alkanes of at least 4 members (excludes halogenated alkanes) is 32. The Morgan fingerprint density at radius 3 is 0.745 bits per heavy atom. The first-order chi connectivity index (χ1) is 48.7. The van der Waals surface area contributed by atoms with Gasteiger partial charge in [0.25, 0.3) is 15.6 Å². The molecular weight excluding hydrogens is 1350 g/mol. The largest absolute Gasteiger partial charge is 1.00 e. The molecule has 0 radical (unpaired) electrons. The number of allylic oxidation sites excluding steroid dienone is 16. The summed E-state index contributed by atoms with van der Waals surface area (Å²) in [7, 11) is -10.5. The number of esters is 4. The van der Waals surface area contributed by atoms with Crippen molar-refractivity contribution >= 4 is 39.5 Å². The summed E-state index contributed by atoms with van der Waals surface area (Å²) < 4.78 is 67.7. The molecule has 0 saturated carbocycles. The maximum atomic E-state index is 13.0. The first-order valence-electron chi connectivity index (χ1n) is 39.4. The van der Waals surface area contributed by atoms with Gasteiger partial charge in [0.15, 0.2) is 12.2 Å². The predicted octanol–water partition coefficient (Wildman–Crippen LogP) is 15.5. The fourth-order valence-corrected chi connectivity index (χ4v) is 11.9. The average molecular weight is 1490 g/mol. The molecule has 578 valence electrons. The number of phosphoric ester groups is 2. The molecule has 0 heterocycles.